The molecule has 0 saturated heterocycles. The zero-order chi connectivity index (χ0) is 26.5. The van der Waals surface area contributed by atoms with Gasteiger partial charge in [0.05, 0.1) is 5.69 Å². The number of para-hydroxylation sites is 1. The number of nitrogens with zero attached hydrogens (tertiary/aromatic N) is 4. The quantitative estimate of drug-likeness (QED) is 0.166. The number of rotatable bonds is 10. The maximum absolute atomic E-state index is 13.3. The lowest BCUT2D eigenvalue weighted by Gasteiger charge is -2.15. The highest BCUT2D eigenvalue weighted by atomic mass is 28.3. The normalized spacial score (nSPS) is 12.1. The van der Waals surface area contributed by atoms with E-state index in [4.69, 9.17) is 9.47 Å². The average Bonchev–Trinajstić information content (AvgIpc) is 3.31. The van der Waals surface area contributed by atoms with Gasteiger partial charge in [-0.05, 0) is 35.9 Å². The van der Waals surface area contributed by atoms with Crippen LogP contribution in [0.1, 0.15) is 11.4 Å². The van der Waals surface area contributed by atoms with Gasteiger partial charge in [0, 0.05) is 32.0 Å². The summed E-state index contributed by atoms with van der Waals surface area (Å²) in [5.74, 6) is -0.340. The molecule has 4 aromatic rings. The molecule has 4 rings (SSSR count). The van der Waals surface area contributed by atoms with E-state index in [1.165, 1.54) is 6.20 Å². The van der Waals surface area contributed by atoms with E-state index in [2.05, 4.69) is 34.7 Å². The average molecular weight is 527 g/mol. The maximum atomic E-state index is 13.3. The van der Waals surface area contributed by atoms with Gasteiger partial charge in [-0.15, -0.1) is 5.10 Å². The van der Waals surface area contributed by atoms with Crippen molar-refractivity contribution in [2.45, 2.75) is 45.2 Å². The van der Waals surface area contributed by atoms with Crippen LogP contribution in [0.15, 0.2) is 72.9 Å². The van der Waals surface area contributed by atoms with Gasteiger partial charge in [0.15, 0.2) is 5.82 Å². The Hall–Kier alpha value is -3.50. The minimum absolute atomic E-state index is 0.0628. The van der Waals surface area contributed by atoms with Gasteiger partial charge in [0.1, 0.15) is 19.1 Å². The van der Waals surface area contributed by atoms with Crippen molar-refractivity contribution in [3.63, 3.8) is 0 Å². The predicted octanol–water partition coefficient (Wildman–Crippen LogP) is 6.92. The molecule has 0 aliphatic rings. The SMILES string of the molecule is C[Si](C)(C)CCOCn1nc(C(F)(F)F)nc1-c1ccc(-c2ccc(COc3ccccc3)cc2)nc1. The molecule has 0 N–H and O–H groups in total. The fraction of sp³-hybridized carbons (Fsp3) is 0.296. The zero-order valence-electron chi connectivity index (χ0n) is 21.0. The van der Waals surface area contributed by atoms with Crippen molar-refractivity contribution in [1.29, 1.82) is 0 Å². The highest BCUT2D eigenvalue weighted by molar-refractivity contribution is 6.76. The molecule has 10 heteroatoms. The topological polar surface area (TPSA) is 62.1 Å². The molecule has 0 aliphatic heterocycles. The molecule has 0 fully saturated rings. The standard InChI is InChI=1S/C27H29F3N4O2Si/c1-37(2,3)16-15-35-19-34-25(32-26(33-34)27(28,29)30)22-13-14-24(31-17-22)21-11-9-20(10-12-21)18-36-23-7-5-4-6-8-23/h4-14,17H,15-16,18-19H2,1-3H3. The molecule has 0 unspecified atom stereocenters. The van der Waals surface area contributed by atoms with Gasteiger partial charge in [0.2, 0.25) is 0 Å². The van der Waals surface area contributed by atoms with Crippen molar-refractivity contribution >= 4 is 8.07 Å². The summed E-state index contributed by atoms with van der Waals surface area (Å²) in [7, 11) is -1.33. The summed E-state index contributed by atoms with van der Waals surface area (Å²) in [4.78, 5) is 8.20. The smallest absolute Gasteiger partial charge is 0.453 e. The minimum Gasteiger partial charge on any atom is -0.489 e. The van der Waals surface area contributed by atoms with E-state index in [-0.39, 0.29) is 12.6 Å². The molecule has 0 saturated carbocycles. The molecule has 37 heavy (non-hydrogen) atoms. The highest BCUT2D eigenvalue weighted by Crippen LogP contribution is 2.29. The number of pyridine rings is 1. The Morgan fingerprint density at radius 2 is 1.59 bits per heavy atom. The Balaban J connectivity index is 1.46. The van der Waals surface area contributed by atoms with E-state index in [1.54, 1.807) is 12.1 Å². The molecule has 0 amide bonds. The molecule has 2 heterocycles. The number of hydrogen-bond donors (Lipinski definition) is 0. The summed E-state index contributed by atoms with van der Waals surface area (Å²) in [5, 5.41) is 3.65. The van der Waals surface area contributed by atoms with Gasteiger partial charge >= 0.3 is 6.18 Å². The molecule has 0 aliphatic carbocycles. The van der Waals surface area contributed by atoms with Gasteiger partial charge in [-0.3, -0.25) is 4.98 Å². The third-order valence-corrected chi connectivity index (χ3v) is 7.26. The van der Waals surface area contributed by atoms with Gasteiger partial charge in [0.25, 0.3) is 5.82 Å². The Labute approximate surface area is 215 Å². The van der Waals surface area contributed by atoms with Crippen LogP contribution in [0.2, 0.25) is 25.7 Å². The molecule has 0 spiro atoms. The monoisotopic (exact) mass is 526 g/mol. The van der Waals surface area contributed by atoms with Crippen LogP contribution < -0.4 is 4.74 Å². The van der Waals surface area contributed by atoms with E-state index >= 15 is 0 Å². The van der Waals surface area contributed by atoms with Gasteiger partial charge < -0.3 is 9.47 Å². The van der Waals surface area contributed by atoms with Crippen molar-refractivity contribution < 1.29 is 22.6 Å². The molecule has 0 bridgehead atoms. The highest BCUT2D eigenvalue weighted by Gasteiger charge is 2.37. The summed E-state index contributed by atoms with van der Waals surface area (Å²) < 4.78 is 52.5. The maximum Gasteiger partial charge on any atom is 0.453 e. The first-order chi connectivity index (χ1) is 17.6. The Kier molecular flexibility index (Phi) is 8.09. The number of benzene rings is 2. The second-order valence-corrected chi connectivity index (χ2v) is 15.5. The lowest BCUT2D eigenvalue weighted by molar-refractivity contribution is -0.145. The summed E-state index contributed by atoms with van der Waals surface area (Å²) in [5.41, 5.74) is 2.99. The van der Waals surface area contributed by atoms with Crippen LogP contribution in [0.5, 0.6) is 5.75 Å². The predicted molar refractivity (Wildman–Crippen MR) is 139 cm³/mol. The fourth-order valence-corrected chi connectivity index (χ4v) is 4.20. The van der Waals surface area contributed by atoms with Crippen LogP contribution in [-0.2, 0) is 24.3 Å². The Morgan fingerprint density at radius 3 is 2.22 bits per heavy atom. The fourth-order valence-electron chi connectivity index (χ4n) is 3.45. The number of ether oxygens (including phenoxy) is 2. The third-order valence-electron chi connectivity index (χ3n) is 5.56. The number of halogens is 3. The van der Waals surface area contributed by atoms with Crippen molar-refractivity contribution in [2.75, 3.05) is 6.61 Å². The first-order valence-electron chi connectivity index (χ1n) is 11.9. The van der Waals surface area contributed by atoms with Gasteiger partial charge in [-0.2, -0.15) is 13.2 Å². The molecule has 0 atom stereocenters. The van der Waals surface area contributed by atoms with Crippen molar-refractivity contribution in [3.8, 4) is 28.4 Å². The van der Waals surface area contributed by atoms with Crippen LogP contribution >= 0.6 is 0 Å². The molecule has 194 valence electrons. The van der Waals surface area contributed by atoms with Crippen LogP contribution in [0.4, 0.5) is 13.2 Å². The first-order valence-corrected chi connectivity index (χ1v) is 15.6. The van der Waals surface area contributed by atoms with Gasteiger partial charge in [-0.1, -0.05) is 62.1 Å². The summed E-state index contributed by atoms with van der Waals surface area (Å²) in [6.45, 7) is 7.40. The van der Waals surface area contributed by atoms with E-state index in [9.17, 15) is 13.2 Å². The van der Waals surface area contributed by atoms with Crippen molar-refractivity contribution in [3.05, 3.63) is 84.3 Å². The Bertz CT molecular complexity index is 1290. The molecule has 0 radical (unpaired) electrons. The van der Waals surface area contributed by atoms with E-state index < -0.39 is 20.1 Å². The lowest BCUT2D eigenvalue weighted by Crippen LogP contribution is -2.22. The second kappa shape index (κ2) is 11.3. The van der Waals surface area contributed by atoms with Gasteiger partial charge in [-0.25, -0.2) is 9.67 Å². The first kappa shape index (κ1) is 26.6. The lowest BCUT2D eigenvalue weighted by atomic mass is 10.1. The molecule has 6 nitrogen and oxygen atoms in total. The van der Waals surface area contributed by atoms with E-state index in [0.29, 0.717) is 24.5 Å². The number of hydrogen-bond acceptors (Lipinski definition) is 5. The zero-order valence-corrected chi connectivity index (χ0v) is 22.0. The van der Waals surface area contributed by atoms with E-state index in [0.717, 1.165) is 27.6 Å². The molecular formula is C27H29F3N4O2Si. The summed E-state index contributed by atoms with van der Waals surface area (Å²) >= 11 is 0. The van der Waals surface area contributed by atoms with Crippen LogP contribution in [0.25, 0.3) is 22.6 Å². The van der Waals surface area contributed by atoms with Crippen molar-refractivity contribution in [1.82, 2.24) is 19.7 Å². The number of alkyl halides is 3. The largest absolute Gasteiger partial charge is 0.489 e. The molecule has 2 aromatic carbocycles. The second-order valence-electron chi connectivity index (χ2n) is 9.84. The third kappa shape index (κ3) is 7.50. The Morgan fingerprint density at radius 1 is 0.892 bits per heavy atom. The number of aromatic nitrogens is 4. The summed E-state index contributed by atoms with van der Waals surface area (Å²) in [6.07, 6.45) is -3.15. The van der Waals surface area contributed by atoms with Crippen LogP contribution in [-0.4, -0.2) is 34.4 Å². The molecule has 2 aromatic heterocycles. The van der Waals surface area contributed by atoms with Crippen LogP contribution in [0.3, 0.4) is 0 Å². The molecular weight excluding hydrogens is 497 g/mol. The minimum atomic E-state index is -4.66. The van der Waals surface area contributed by atoms with E-state index in [1.807, 2.05) is 54.6 Å². The van der Waals surface area contributed by atoms with Crippen molar-refractivity contribution in [2.24, 2.45) is 0 Å². The van der Waals surface area contributed by atoms with Crippen LogP contribution in [0, 0.1) is 0 Å². The summed E-state index contributed by atoms with van der Waals surface area (Å²) in [6, 6.07) is 21.7.